The molecule has 0 radical (unpaired) electrons. The molecule has 0 saturated heterocycles. The molecule has 37 heavy (non-hydrogen) atoms. The lowest BCUT2D eigenvalue weighted by molar-refractivity contribution is -0.113. The number of carbonyl (C=O) groups is 5. The molecule has 0 aliphatic rings. The molecule has 0 heterocycles. The van der Waals surface area contributed by atoms with E-state index in [1.54, 1.807) is 55.5 Å². The molecule has 190 valence electrons. The highest BCUT2D eigenvalue weighted by Crippen LogP contribution is 2.22. The van der Waals surface area contributed by atoms with Gasteiger partial charge in [-0.1, -0.05) is 0 Å². The number of rotatable bonds is 10. The maximum Gasteiger partial charge on any atom is 0.338 e. The van der Waals surface area contributed by atoms with Crippen molar-refractivity contribution in [3.05, 3.63) is 89.0 Å². The Morgan fingerprint density at radius 2 is 1.35 bits per heavy atom. The highest BCUT2D eigenvalue weighted by molar-refractivity contribution is 8.00. The molecule has 0 unspecified atom stereocenters. The third-order valence-corrected chi connectivity index (χ3v) is 5.92. The van der Waals surface area contributed by atoms with Gasteiger partial charge in [0.2, 0.25) is 5.91 Å². The maximum absolute atomic E-state index is 12.6. The SMILES string of the molecule is CCOC(=O)c1ccc(NC(=O)CSc2ccc(NC(=O)c3ccc(C(=O)O)cc3C(=O)O)cc2)cc1. The van der Waals surface area contributed by atoms with Gasteiger partial charge in [0.05, 0.1) is 34.6 Å². The minimum absolute atomic E-state index is 0.114. The molecule has 10 nitrogen and oxygen atoms in total. The van der Waals surface area contributed by atoms with Crippen molar-refractivity contribution in [1.29, 1.82) is 0 Å². The molecule has 0 aliphatic carbocycles. The molecule has 0 fully saturated rings. The van der Waals surface area contributed by atoms with Gasteiger partial charge in [-0.25, -0.2) is 14.4 Å². The van der Waals surface area contributed by atoms with E-state index in [0.29, 0.717) is 16.9 Å². The molecule has 11 heteroatoms. The number of carbonyl (C=O) groups excluding carboxylic acids is 3. The van der Waals surface area contributed by atoms with Crippen LogP contribution >= 0.6 is 11.8 Å². The summed E-state index contributed by atoms with van der Waals surface area (Å²) in [6.07, 6.45) is 0. The summed E-state index contributed by atoms with van der Waals surface area (Å²) in [5, 5.41) is 23.7. The number of carboxylic acids is 2. The number of hydrogen-bond donors (Lipinski definition) is 4. The van der Waals surface area contributed by atoms with E-state index in [0.717, 1.165) is 23.1 Å². The van der Waals surface area contributed by atoms with Crippen LogP contribution in [0.3, 0.4) is 0 Å². The molecule has 0 aliphatic heterocycles. The van der Waals surface area contributed by atoms with Gasteiger partial charge < -0.3 is 25.6 Å². The van der Waals surface area contributed by atoms with Gasteiger partial charge in [-0.2, -0.15) is 0 Å². The predicted octanol–water partition coefficient (Wildman–Crippen LogP) is 4.24. The van der Waals surface area contributed by atoms with Gasteiger partial charge in [-0.05, 0) is 73.7 Å². The molecular formula is C26H22N2O8S. The summed E-state index contributed by atoms with van der Waals surface area (Å²) >= 11 is 1.26. The van der Waals surface area contributed by atoms with E-state index in [1.807, 2.05) is 0 Å². The number of ether oxygens (including phenoxy) is 1. The average Bonchev–Trinajstić information content (AvgIpc) is 2.88. The van der Waals surface area contributed by atoms with E-state index in [2.05, 4.69) is 10.6 Å². The smallest absolute Gasteiger partial charge is 0.338 e. The first-order valence-corrected chi connectivity index (χ1v) is 11.9. The Bertz CT molecular complexity index is 1340. The second-order valence-corrected chi connectivity index (χ2v) is 8.53. The van der Waals surface area contributed by atoms with Gasteiger partial charge in [0, 0.05) is 16.3 Å². The molecule has 2 amide bonds. The third kappa shape index (κ3) is 7.42. The molecule has 0 bridgehead atoms. The maximum atomic E-state index is 12.6. The first-order valence-electron chi connectivity index (χ1n) is 10.9. The summed E-state index contributed by atoms with van der Waals surface area (Å²) in [4.78, 5) is 59.9. The summed E-state index contributed by atoms with van der Waals surface area (Å²) < 4.78 is 4.92. The largest absolute Gasteiger partial charge is 0.478 e. The monoisotopic (exact) mass is 522 g/mol. The molecule has 0 saturated carbocycles. The number of anilines is 2. The average molecular weight is 523 g/mol. The first kappa shape index (κ1) is 27.0. The fraction of sp³-hybridized carbons (Fsp3) is 0.115. The molecular weight excluding hydrogens is 500 g/mol. The van der Waals surface area contributed by atoms with Crippen molar-refractivity contribution in [1.82, 2.24) is 0 Å². The van der Waals surface area contributed by atoms with Crippen LogP contribution in [0.4, 0.5) is 11.4 Å². The zero-order valence-electron chi connectivity index (χ0n) is 19.5. The number of benzene rings is 3. The lowest BCUT2D eigenvalue weighted by atomic mass is 10.0. The fourth-order valence-corrected chi connectivity index (χ4v) is 3.83. The number of aromatic carboxylic acids is 2. The number of carboxylic acid groups (broad SMARTS) is 2. The summed E-state index contributed by atoms with van der Waals surface area (Å²) in [6, 6.07) is 16.1. The minimum Gasteiger partial charge on any atom is -0.478 e. The summed E-state index contributed by atoms with van der Waals surface area (Å²) in [7, 11) is 0. The van der Waals surface area contributed by atoms with Gasteiger partial charge >= 0.3 is 17.9 Å². The van der Waals surface area contributed by atoms with Crippen LogP contribution in [-0.2, 0) is 9.53 Å². The van der Waals surface area contributed by atoms with Crippen LogP contribution in [0.2, 0.25) is 0 Å². The van der Waals surface area contributed by atoms with E-state index < -0.39 is 29.4 Å². The summed E-state index contributed by atoms with van der Waals surface area (Å²) in [6.45, 7) is 1.99. The Kier molecular flexibility index (Phi) is 9.00. The topological polar surface area (TPSA) is 159 Å². The van der Waals surface area contributed by atoms with E-state index in [1.165, 1.54) is 11.8 Å². The minimum atomic E-state index is -1.42. The quantitative estimate of drug-likeness (QED) is 0.226. The van der Waals surface area contributed by atoms with Crippen molar-refractivity contribution in [3.8, 4) is 0 Å². The van der Waals surface area contributed by atoms with Crippen LogP contribution in [-0.4, -0.2) is 52.3 Å². The second kappa shape index (κ2) is 12.4. The van der Waals surface area contributed by atoms with Crippen molar-refractivity contribution >= 4 is 52.9 Å². The second-order valence-electron chi connectivity index (χ2n) is 7.48. The normalized spacial score (nSPS) is 10.3. The van der Waals surface area contributed by atoms with Crippen molar-refractivity contribution in [2.24, 2.45) is 0 Å². The lowest BCUT2D eigenvalue weighted by Crippen LogP contribution is -2.17. The van der Waals surface area contributed by atoms with Crippen LogP contribution in [0.5, 0.6) is 0 Å². The number of thioether (sulfide) groups is 1. The highest BCUT2D eigenvalue weighted by atomic mass is 32.2. The zero-order chi connectivity index (χ0) is 26.9. The Hall–Kier alpha value is -4.64. The van der Waals surface area contributed by atoms with Crippen molar-refractivity contribution in [2.75, 3.05) is 23.0 Å². The number of nitrogens with one attached hydrogen (secondary N) is 2. The number of amides is 2. The first-order chi connectivity index (χ1) is 17.7. The van der Waals surface area contributed by atoms with Gasteiger partial charge in [0.25, 0.3) is 5.91 Å². The molecule has 3 rings (SSSR count). The van der Waals surface area contributed by atoms with Crippen LogP contribution in [0.25, 0.3) is 0 Å². The van der Waals surface area contributed by atoms with Crippen molar-refractivity contribution < 1.29 is 38.9 Å². The lowest BCUT2D eigenvalue weighted by Gasteiger charge is -2.10. The molecule has 3 aromatic carbocycles. The number of esters is 1. The van der Waals surface area contributed by atoms with E-state index >= 15 is 0 Å². The predicted molar refractivity (Wildman–Crippen MR) is 137 cm³/mol. The Morgan fingerprint density at radius 1 is 0.757 bits per heavy atom. The van der Waals surface area contributed by atoms with Crippen molar-refractivity contribution in [3.63, 3.8) is 0 Å². The summed E-state index contributed by atoms with van der Waals surface area (Å²) in [5.41, 5.74) is 0.466. The van der Waals surface area contributed by atoms with Crippen LogP contribution < -0.4 is 10.6 Å². The fourth-order valence-electron chi connectivity index (χ4n) is 3.14. The van der Waals surface area contributed by atoms with Gasteiger partial charge in [-0.3, -0.25) is 9.59 Å². The Morgan fingerprint density at radius 3 is 1.95 bits per heavy atom. The van der Waals surface area contributed by atoms with E-state index in [9.17, 15) is 29.1 Å². The summed E-state index contributed by atoms with van der Waals surface area (Å²) in [5.74, 6) is -4.01. The van der Waals surface area contributed by atoms with Crippen LogP contribution in [0.1, 0.15) is 48.4 Å². The Balaban J connectivity index is 1.55. The Labute approximate surface area is 215 Å². The molecule has 0 aromatic heterocycles. The van der Waals surface area contributed by atoms with Gasteiger partial charge in [0.1, 0.15) is 0 Å². The van der Waals surface area contributed by atoms with Crippen molar-refractivity contribution in [2.45, 2.75) is 11.8 Å². The highest BCUT2D eigenvalue weighted by Gasteiger charge is 2.19. The third-order valence-electron chi connectivity index (χ3n) is 4.90. The molecule has 0 spiro atoms. The molecule has 0 atom stereocenters. The standard InChI is InChI=1S/C26H22N2O8S/c1-2-36-26(35)15-3-6-17(7-4-15)27-22(29)14-37-19-10-8-18(9-11-19)28-23(30)20-12-5-16(24(31)32)13-21(20)25(33)34/h3-13H,2,14H2,1H3,(H,27,29)(H,28,30)(H,31,32)(H,33,34). The van der Waals surface area contributed by atoms with E-state index in [-0.39, 0.29) is 29.4 Å². The van der Waals surface area contributed by atoms with Crippen LogP contribution in [0.15, 0.2) is 71.6 Å². The van der Waals surface area contributed by atoms with Crippen LogP contribution in [0, 0.1) is 0 Å². The van der Waals surface area contributed by atoms with Gasteiger partial charge in [-0.15, -0.1) is 11.8 Å². The van der Waals surface area contributed by atoms with E-state index in [4.69, 9.17) is 9.84 Å². The molecule has 3 aromatic rings. The zero-order valence-corrected chi connectivity index (χ0v) is 20.3. The van der Waals surface area contributed by atoms with Gasteiger partial charge in [0.15, 0.2) is 0 Å². The number of hydrogen-bond acceptors (Lipinski definition) is 7. The molecule has 4 N–H and O–H groups in total.